The van der Waals surface area contributed by atoms with Gasteiger partial charge in [0, 0.05) is 22.3 Å². The summed E-state index contributed by atoms with van der Waals surface area (Å²) < 4.78 is 5.33. The second-order valence-electron chi connectivity index (χ2n) is 7.87. The summed E-state index contributed by atoms with van der Waals surface area (Å²) in [5, 5.41) is 19.8. The second kappa shape index (κ2) is 7.58. The van der Waals surface area contributed by atoms with Crippen molar-refractivity contribution in [3.05, 3.63) is 52.5 Å². The Labute approximate surface area is 179 Å². The summed E-state index contributed by atoms with van der Waals surface area (Å²) in [5.74, 6) is -0.931. The third-order valence-corrected chi connectivity index (χ3v) is 6.27. The number of halogens is 1. The van der Waals surface area contributed by atoms with E-state index in [0.29, 0.717) is 34.1 Å². The van der Waals surface area contributed by atoms with Crippen molar-refractivity contribution in [2.24, 2.45) is 5.92 Å². The topological polar surface area (TPSA) is 99.7 Å². The summed E-state index contributed by atoms with van der Waals surface area (Å²) in [6.45, 7) is 3.56. The van der Waals surface area contributed by atoms with Crippen molar-refractivity contribution in [3.63, 3.8) is 0 Å². The van der Waals surface area contributed by atoms with E-state index >= 15 is 0 Å². The lowest BCUT2D eigenvalue weighted by atomic mass is 9.79. The first kappa shape index (κ1) is 20.7. The third kappa shape index (κ3) is 3.14. The number of ether oxygens (including phenoxy) is 1. The summed E-state index contributed by atoms with van der Waals surface area (Å²) in [6.07, 6.45) is -0.435. The van der Waals surface area contributed by atoms with E-state index in [9.17, 15) is 14.7 Å². The maximum Gasteiger partial charge on any atom is 0.250 e. The molecule has 0 bridgehead atoms. The third-order valence-electron chi connectivity index (χ3n) is 6.04. The molecule has 2 aliphatic rings. The van der Waals surface area contributed by atoms with Gasteiger partial charge in [-0.2, -0.15) is 0 Å². The number of amides is 2. The lowest BCUT2D eigenvalue weighted by Crippen LogP contribution is -2.53. The van der Waals surface area contributed by atoms with Crippen molar-refractivity contribution < 1.29 is 19.4 Å². The van der Waals surface area contributed by atoms with E-state index in [1.807, 2.05) is 25.1 Å². The van der Waals surface area contributed by atoms with E-state index in [-0.39, 0.29) is 11.8 Å². The molecule has 0 aromatic heterocycles. The lowest BCUT2D eigenvalue weighted by molar-refractivity contribution is -0.130. The molecule has 158 valence electrons. The Morgan fingerprint density at radius 1 is 1.37 bits per heavy atom. The molecule has 0 saturated carbocycles. The SMILES string of the molecule is COc1ccc(Cl)cc1NC(=O)[C@@H]1C[C@H]([C@@H](C)O)N[C@]12C(=O)Nc1c(C)cccc12. The number of aliphatic hydroxyl groups excluding tert-OH is 1. The highest BCUT2D eigenvalue weighted by atomic mass is 35.5. The van der Waals surface area contributed by atoms with Gasteiger partial charge in [0.1, 0.15) is 11.3 Å². The molecule has 2 heterocycles. The van der Waals surface area contributed by atoms with Gasteiger partial charge in [-0.25, -0.2) is 0 Å². The minimum absolute atomic E-state index is 0.298. The van der Waals surface area contributed by atoms with E-state index in [4.69, 9.17) is 16.3 Å². The van der Waals surface area contributed by atoms with Crippen LogP contribution in [0.15, 0.2) is 36.4 Å². The molecular formula is C22H24ClN3O4. The molecule has 30 heavy (non-hydrogen) atoms. The predicted molar refractivity (Wildman–Crippen MR) is 115 cm³/mol. The van der Waals surface area contributed by atoms with Gasteiger partial charge in [0.25, 0.3) is 0 Å². The van der Waals surface area contributed by atoms with E-state index in [1.54, 1.807) is 25.1 Å². The molecule has 4 N–H and O–H groups in total. The Morgan fingerprint density at radius 2 is 2.13 bits per heavy atom. The zero-order valence-electron chi connectivity index (χ0n) is 17.0. The van der Waals surface area contributed by atoms with Crippen LogP contribution < -0.4 is 20.7 Å². The Bertz CT molecular complexity index is 1030. The average molecular weight is 430 g/mol. The van der Waals surface area contributed by atoms with Crippen molar-refractivity contribution in [1.29, 1.82) is 0 Å². The summed E-state index contributed by atoms with van der Waals surface area (Å²) in [6, 6.07) is 10.1. The Morgan fingerprint density at radius 3 is 2.83 bits per heavy atom. The minimum Gasteiger partial charge on any atom is -0.495 e. The van der Waals surface area contributed by atoms with Crippen LogP contribution in [0.1, 0.15) is 24.5 Å². The molecule has 4 atom stereocenters. The van der Waals surface area contributed by atoms with Gasteiger partial charge in [0.05, 0.1) is 24.8 Å². The van der Waals surface area contributed by atoms with Gasteiger partial charge >= 0.3 is 0 Å². The van der Waals surface area contributed by atoms with Gasteiger partial charge in [-0.1, -0.05) is 29.8 Å². The zero-order chi connectivity index (χ0) is 21.6. The molecule has 1 saturated heterocycles. The normalized spacial score (nSPS) is 25.7. The second-order valence-corrected chi connectivity index (χ2v) is 8.31. The molecule has 8 heteroatoms. The van der Waals surface area contributed by atoms with Crippen LogP contribution in [0.5, 0.6) is 5.75 Å². The van der Waals surface area contributed by atoms with Crippen LogP contribution in [0.25, 0.3) is 0 Å². The van der Waals surface area contributed by atoms with E-state index in [1.165, 1.54) is 7.11 Å². The van der Waals surface area contributed by atoms with Crippen molar-refractivity contribution in [3.8, 4) is 5.75 Å². The van der Waals surface area contributed by atoms with Crippen LogP contribution in [0, 0.1) is 12.8 Å². The highest BCUT2D eigenvalue weighted by Crippen LogP contribution is 2.48. The van der Waals surface area contributed by atoms with Crippen LogP contribution in [0.2, 0.25) is 5.02 Å². The molecule has 0 aliphatic carbocycles. The smallest absolute Gasteiger partial charge is 0.250 e. The molecule has 2 aromatic carbocycles. The number of methoxy groups -OCH3 is 1. The number of benzene rings is 2. The Hall–Kier alpha value is -2.61. The largest absolute Gasteiger partial charge is 0.495 e. The van der Waals surface area contributed by atoms with E-state index in [2.05, 4.69) is 16.0 Å². The predicted octanol–water partition coefficient (Wildman–Crippen LogP) is 2.80. The van der Waals surface area contributed by atoms with Crippen molar-refractivity contribution in [1.82, 2.24) is 5.32 Å². The number of para-hydroxylation sites is 1. The van der Waals surface area contributed by atoms with Gasteiger partial charge in [-0.15, -0.1) is 0 Å². The molecule has 1 spiro atoms. The fraction of sp³-hybridized carbons (Fsp3) is 0.364. The molecular weight excluding hydrogens is 406 g/mol. The summed E-state index contributed by atoms with van der Waals surface area (Å²) in [5.41, 5.74) is 1.50. The highest BCUT2D eigenvalue weighted by molar-refractivity contribution is 6.31. The monoisotopic (exact) mass is 429 g/mol. The first-order chi connectivity index (χ1) is 14.3. The van der Waals surface area contributed by atoms with Gasteiger partial charge in [-0.3, -0.25) is 14.9 Å². The van der Waals surface area contributed by atoms with Crippen LogP contribution in [-0.4, -0.2) is 36.2 Å². The number of carbonyl (C=O) groups is 2. The number of anilines is 2. The standard InChI is InChI=1S/C22H24ClN3O4/c1-11-5-4-6-14-19(11)25-21(29)22(14)15(10-16(26-22)12(2)27)20(28)24-17-9-13(23)7-8-18(17)30-3/h4-9,12,15-16,26-27H,10H2,1-3H3,(H,24,28)(H,25,29)/t12-,15+,16-,22+/m1/s1. The number of rotatable bonds is 4. The van der Waals surface area contributed by atoms with Crippen LogP contribution in [0.3, 0.4) is 0 Å². The van der Waals surface area contributed by atoms with Crippen LogP contribution >= 0.6 is 11.6 Å². The minimum atomic E-state index is -1.26. The first-order valence-electron chi connectivity index (χ1n) is 9.79. The van der Waals surface area contributed by atoms with Crippen LogP contribution in [0.4, 0.5) is 11.4 Å². The van der Waals surface area contributed by atoms with Gasteiger partial charge in [0.15, 0.2) is 0 Å². The number of hydrogen-bond acceptors (Lipinski definition) is 5. The molecule has 0 unspecified atom stereocenters. The van der Waals surface area contributed by atoms with Gasteiger partial charge < -0.3 is 20.5 Å². The molecule has 1 fully saturated rings. The summed E-state index contributed by atoms with van der Waals surface area (Å²) in [4.78, 5) is 26.7. The number of aliphatic hydroxyl groups is 1. The Balaban J connectivity index is 1.76. The molecule has 0 radical (unpaired) electrons. The molecule has 4 rings (SSSR count). The first-order valence-corrected chi connectivity index (χ1v) is 10.2. The number of aryl methyl sites for hydroxylation is 1. The number of fused-ring (bicyclic) bond motifs is 2. The number of hydrogen-bond donors (Lipinski definition) is 4. The number of carbonyl (C=O) groups excluding carboxylic acids is 2. The molecule has 2 aliphatic heterocycles. The van der Waals surface area contributed by atoms with Crippen molar-refractivity contribution >= 4 is 34.8 Å². The van der Waals surface area contributed by atoms with E-state index in [0.717, 1.165) is 5.56 Å². The van der Waals surface area contributed by atoms with Gasteiger partial charge in [-0.05, 0) is 44.0 Å². The Kier molecular flexibility index (Phi) is 5.22. The fourth-order valence-corrected chi connectivity index (χ4v) is 4.66. The maximum absolute atomic E-state index is 13.5. The molecule has 2 amide bonds. The van der Waals surface area contributed by atoms with Gasteiger partial charge in [0.2, 0.25) is 11.8 Å². The fourth-order valence-electron chi connectivity index (χ4n) is 4.49. The van der Waals surface area contributed by atoms with Crippen molar-refractivity contribution in [2.75, 3.05) is 17.7 Å². The highest BCUT2D eigenvalue weighted by Gasteiger charge is 2.60. The van der Waals surface area contributed by atoms with Crippen molar-refractivity contribution in [2.45, 2.75) is 38.0 Å². The number of nitrogens with one attached hydrogen (secondary N) is 3. The maximum atomic E-state index is 13.5. The summed E-state index contributed by atoms with van der Waals surface area (Å²) >= 11 is 6.09. The summed E-state index contributed by atoms with van der Waals surface area (Å²) in [7, 11) is 1.50. The quantitative estimate of drug-likeness (QED) is 0.599. The zero-order valence-corrected chi connectivity index (χ0v) is 17.7. The average Bonchev–Trinajstić information content (AvgIpc) is 3.24. The lowest BCUT2D eigenvalue weighted by Gasteiger charge is -2.29. The molecule has 7 nitrogen and oxygen atoms in total. The molecule has 2 aromatic rings. The van der Waals surface area contributed by atoms with Crippen LogP contribution in [-0.2, 0) is 15.1 Å². The van der Waals surface area contributed by atoms with E-state index < -0.39 is 23.6 Å².